The first kappa shape index (κ1) is 17.3. The van der Waals surface area contributed by atoms with E-state index in [9.17, 15) is 9.59 Å². The Morgan fingerprint density at radius 1 is 1.36 bits per heavy atom. The number of hydrogen-bond acceptors (Lipinski definition) is 4. The predicted octanol–water partition coefficient (Wildman–Crippen LogP) is 3.59. The van der Waals surface area contributed by atoms with Crippen LogP contribution in [0.4, 0.5) is 4.79 Å². The molecule has 1 saturated heterocycles. The number of nitrogens with zero attached hydrogens (tertiary/aromatic N) is 2. The van der Waals surface area contributed by atoms with Crippen molar-refractivity contribution >= 4 is 39.3 Å². The van der Waals surface area contributed by atoms with Crippen LogP contribution in [0.15, 0.2) is 15.2 Å². The summed E-state index contributed by atoms with van der Waals surface area (Å²) in [6.07, 6.45) is -0.316. The minimum atomic E-state index is -0.509. The van der Waals surface area contributed by atoms with E-state index >= 15 is 0 Å². The Hall–Kier alpha value is -1.08. The van der Waals surface area contributed by atoms with Gasteiger partial charge in [-0.15, -0.1) is 11.3 Å². The molecular formula is C15H21BrN2O3S. The first-order valence-corrected chi connectivity index (χ1v) is 8.88. The third-order valence-corrected chi connectivity index (χ3v) is 5.08. The van der Waals surface area contributed by atoms with Crippen LogP contribution in [0, 0.1) is 0 Å². The molecule has 22 heavy (non-hydrogen) atoms. The monoisotopic (exact) mass is 388 g/mol. The van der Waals surface area contributed by atoms with E-state index in [1.54, 1.807) is 9.80 Å². The normalized spacial score (nSPS) is 19.2. The lowest BCUT2D eigenvalue weighted by molar-refractivity contribution is 0.00198. The maximum atomic E-state index is 12.5. The average Bonchev–Trinajstić information content (AvgIpc) is 2.81. The Morgan fingerprint density at radius 2 is 2.05 bits per heavy atom. The van der Waals surface area contributed by atoms with Crippen LogP contribution < -0.4 is 0 Å². The molecule has 7 heteroatoms. The van der Waals surface area contributed by atoms with Crippen molar-refractivity contribution < 1.29 is 14.3 Å². The van der Waals surface area contributed by atoms with Gasteiger partial charge in [0.15, 0.2) is 0 Å². The number of carbonyl (C=O) groups is 2. The Kier molecular flexibility index (Phi) is 5.17. The number of carbonyl (C=O) groups excluding carboxylic acids is 2. The van der Waals surface area contributed by atoms with Gasteiger partial charge >= 0.3 is 6.09 Å². The van der Waals surface area contributed by atoms with Gasteiger partial charge in [0.2, 0.25) is 0 Å². The smallest absolute Gasteiger partial charge is 0.410 e. The summed E-state index contributed by atoms with van der Waals surface area (Å²) in [5, 5.41) is 1.89. The van der Waals surface area contributed by atoms with Crippen molar-refractivity contribution in [2.24, 2.45) is 0 Å². The standard InChI is InChI=1S/C15H21BrN2O3S/c1-10-9-17(13(19)11-5-8-22-12(11)16)6-7-18(10)14(20)21-15(2,3)4/h5,8,10H,6-7,9H2,1-4H3/t10-/m1/s1. The molecule has 0 bridgehead atoms. The molecular weight excluding hydrogens is 368 g/mol. The lowest BCUT2D eigenvalue weighted by atomic mass is 10.1. The third kappa shape index (κ3) is 4.01. The Labute approximate surface area is 143 Å². The van der Waals surface area contributed by atoms with E-state index in [4.69, 9.17) is 4.74 Å². The highest BCUT2D eigenvalue weighted by molar-refractivity contribution is 9.11. The number of piperazine rings is 1. The van der Waals surface area contributed by atoms with Crippen molar-refractivity contribution in [3.63, 3.8) is 0 Å². The average molecular weight is 389 g/mol. The Morgan fingerprint density at radius 3 is 2.55 bits per heavy atom. The van der Waals surface area contributed by atoms with Crippen LogP contribution in [-0.2, 0) is 4.74 Å². The van der Waals surface area contributed by atoms with Crippen LogP contribution in [0.1, 0.15) is 38.1 Å². The van der Waals surface area contributed by atoms with Gasteiger partial charge in [0, 0.05) is 25.7 Å². The molecule has 2 rings (SSSR count). The zero-order chi connectivity index (χ0) is 16.5. The summed E-state index contributed by atoms with van der Waals surface area (Å²) in [6, 6.07) is 1.76. The molecule has 2 heterocycles. The molecule has 1 aliphatic rings. The van der Waals surface area contributed by atoms with Crippen LogP contribution in [0.2, 0.25) is 0 Å². The van der Waals surface area contributed by atoms with Crippen molar-refractivity contribution in [3.05, 3.63) is 20.8 Å². The van der Waals surface area contributed by atoms with Crippen LogP contribution >= 0.6 is 27.3 Å². The van der Waals surface area contributed by atoms with Crippen molar-refractivity contribution in [1.29, 1.82) is 0 Å². The van der Waals surface area contributed by atoms with E-state index in [1.807, 2.05) is 39.1 Å². The summed E-state index contributed by atoms with van der Waals surface area (Å²) in [6.45, 7) is 9.01. The largest absolute Gasteiger partial charge is 0.444 e. The van der Waals surface area contributed by atoms with Gasteiger partial charge in [0.25, 0.3) is 5.91 Å². The van der Waals surface area contributed by atoms with Gasteiger partial charge in [-0.1, -0.05) is 0 Å². The molecule has 0 radical (unpaired) electrons. The zero-order valence-electron chi connectivity index (χ0n) is 13.3. The van der Waals surface area contributed by atoms with E-state index in [0.29, 0.717) is 25.2 Å². The highest BCUT2D eigenvalue weighted by atomic mass is 79.9. The Bertz CT molecular complexity index is 567. The topological polar surface area (TPSA) is 49.9 Å². The van der Waals surface area contributed by atoms with Gasteiger partial charge in [-0.3, -0.25) is 4.79 Å². The fraction of sp³-hybridized carbons (Fsp3) is 0.600. The summed E-state index contributed by atoms with van der Waals surface area (Å²) in [5.74, 6) is 0.00353. The maximum Gasteiger partial charge on any atom is 0.410 e. The highest BCUT2D eigenvalue weighted by Crippen LogP contribution is 2.26. The van der Waals surface area contributed by atoms with Gasteiger partial charge in [0.05, 0.1) is 9.35 Å². The molecule has 2 amide bonds. The van der Waals surface area contributed by atoms with Crippen LogP contribution in [-0.4, -0.2) is 53.1 Å². The van der Waals surface area contributed by atoms with E-state index in [2.05, 4.69) is 15.9 Å². The fourth-order valence-electron chi connectivity index (χ4n) is 2.35. The molecule has 0 spiro atoms. The van der Waals surface area contributed by atoms with Gasteiger partial charge in [-0.25, -0.2) is 4.79 Å². The molecule has 1 aromatic heterocycles. The van der Waals surface area contributed by atoms with Crippen molar-refractivity contribution in [2.45, 2.75) is 39.3 Å². The second-order valence-electron chi connectivity index (χ2n) is 6.38. The van der Waals surface area contributed by atoms with E-state index in [0.717, 1.165) is 3.79 Å². The number of hydrogen-bond donors (Lipinski definition) is 0. The van der Waals surface area contributed by atoms with Crippen LogP contribution in [0.5, 0.6) is 0 Å². The maximum absolute atomic E-state index is 12.5. The molecule has 1 aromatic rings. The predicted molar refractivity (Wildman–Crippen MR) is 90.3 cm³/mol. The quantitative estimate of drug-likeness (QED) is 0.738. The number of amides is 2. The van der Waals surface area contributed by atoms with Crippen molar-refractivity contribution in [3.8, 4) is 0 Å². The molecule has 1 fully saturated rings. The summed E-state index contributed by atoms with van der Waals surface area (Å²) >= 11 is 4.90. The zero-order valence-corrected chi connectivity index (χ0v) is 15.7. The molecule has 0 unspecified atom stereocenters. The number of halogens is 1. The molecule has 0 N–H and O–H groups in total. The van der Waals surface area contributed by atoms with Gasteiger partial charge in [-0.05, 0) is 55.1 Å². The van der Waals surface area contributed by atoms with Gasteiger partial charge in [-0.2, -0.15) is 0 Å². The van der Waals surface area contributed by atoms with Crippen LogP contribution in [0.3, 0.4) is 0 Å². The van der Waals surface area contributed by atoms with Crippen LogP contribution in [0.25, 0.3) is 0 Å². The molecule has 0 aromatic carbocycles. The summed E-state index contributed by atoms with van der Waals surface area (Å²) in [4.78, 5) is 28.2. The summed E-state index contributed by atoms with van der Waals surface area (Å²) in [5.41, 5.74) is 0.175. The molecule has 0 aliphatic carbocycles. The molecule has 1 aliphatic heterocycles. The fourth-order valence-corrected chi connectivity index (χ4v) is 3.58. The van der Waals surface area contributed by atoms with E-state index in [-0.39, 0.29) is 18.0 Å². The van der Waals surface area contributed by atoms with Gasteiger partial charge < -0.3 is 14.5 Å². The number of thiophene rings is 1. The molecule has 122 valence electrons. The number of rotatable bonds is 1. The SMILES string of the molecule is C[C@@H]1CN(C(=O)c2ccsc2Br)CCN1C(=O)OC(C)(C)C. The second kappa shape index (κ2) is 6.58. The van der Waals surface area contributed by atoms with Gasteiger partial charge in [0.1, 0.15) is 5.60 Å². The molecule has 1 atom stereocenters. The minimum absolute atomic E-state index is 0.00353. The lowest BCUT2D eigenvalue weighted by Crippen LogP contribution is -2.56. The highest BCUT2D eigenvalue weighted by Gasteiger charge is 2.33. The van der Waals surface area contributed by atoms with Crippen molar-refractivity contribution in [1.82, 2.24) is 9.80 Å². The second-order valence-corrected chi connectivity index (χ2v) is 8.62. The number of ether oxygens (including phenoxy) is 1. The Balaban J connectivity index is 2.00. The minimum Gasteiger partial charge on any atom is -0.444 e. The van der Waals surface area contributed by atoms with Crippen molar-refractivity contribution in [2.75, 3.05) is 19.6 Å². The third-order valence-electron chi connectivity index (χ3n) is 3.39. The first-order valence-electron chi connectivity index (χ1n) is 7.21. The van der Waals surface area contributed by atoms with E-state index in [1.165, 1.54) is 11.3 Å². The summed E-state index contributed by atoms with van der Waals surface area (Å²) in [7, 11) is 0. The molecule has 5 nitrogen and oxygen atoms in total. The summed E-state index contributed by atoms with van der Waals surface area (Å²) < 4.78 is 6.26. The first-order chi connectivity index (χ1) is 10.2. The molecule has 0 saturated carbocycles. The lowest BCUT2D eigenvalue weighted by Gasteiger charge is -2.40. The van der Waals surface area contributed by atoms with E-state index < -0.39 is 5.60 Å².